The highest BCUT2D eigenvalue weighted by atomic mass is 19.4. The Morgan fingerprint density at radius 1 is 1.32 bits per heavy atom. The van der Waals surface area contributed by atoms with Gasteiger partial charge in [-0.2, -0.15) is 13.2 Å². The van der Waals surface area contributed by atoms with Gasteiger partial charge < -0.3 is 14.6 Å². The number of carbonyl (C=O) groups is 1. The van der Waals surface area contributed by atoms with Gasteiger partial charge in [-0.3, -0.25) is 4.79 Å². The zero-order chi connectivity index (χ0) is 16.2. The van der Waals surface area contributed by atoms with Gasteiger partial charge in [0.25, 0.3) is 5.91 Å². The van der Waals surface area contributed by atoms with Crippen LogP contribution in [0.1, 0.15) is 21.7 Å². The Hall–Kier alpha value is -2.35. The van der Waals surface area contributed by atoms with Gasteiger partial charge in [-0.15, -0.1) is 0 Å². The lowest BCUT2D eigenvalue weighted by Gasteiger charge is -2.08. The van der Waals surface area contributed by atoms with Crippen LogP contribution >= 0.6 is 0 Å². The Morgan fingerprint density at radius 3 is 2.59 bits per heavy atom. The highest BCUT2D eigenvalue weighted by Crippen LogP contribution is 2.29. The Kier molecular flexibility index (Phi) is 4.81. The number of ether oxygens (including phenoxy) is 1. The fourth-order valence-electron chi connectivity index (χ4n) is 1.77. The van der Waals surface area contributed by atoms with Gasteiger partial charge in [0.2, 0.25) is 0 Å². The first kappa shape index (κ1) is 16.0. The number of aromatic nitrogens is 1. The summed E-state index contributed by atoms with van der Waals surface area (Å²) >= 11 is 0. The van der Waals surface area contributed by atoms with E-state index in [1.807, 2.05) is 0 Å². The third kappa shape index (κ3) is 3.85. The third-order valence-electron chi connectivity index (χ3n) is 2.89. The number of alkyl halides is 3. The number of amides is 1. The molecule has 0 unspecified atom stereocenters. The molecule has 0 aliphatic heterocycles. The van der Waals surface area contributed by atoms with Crippen molar-refractivity contribution >= 4 is 11.6 Å². The van der Waals surface area contributed by atoms with Crippen LogP contribution in [0.5, 0.6) is 0 Å². The van der Waals surface area contributed by atoms with Gasteiger partial charge in [0.15, 0.2) is 5.76 Å². The average molecular weight is 314 g/mol. The summed E-state index contributed by atoms with van der Waals surface area (Å²) in [5.74, 6) is -0.154. The van der Waals surface area contributed by atoms with E-state index in [4.69, 9.17) is 9.26 Å². The second kappa shape index (κ2) is 6.61. The Labute approximate surface area is 124 Å². The molecular formula is C14H13F3N2O3. The number of benzene rings is 1. The first-order valence-corrected chi connectivity index (χ1v) is 6.33. The smallest absolute Gasteiger partial charge is 0.384 e. The lowest BCUT2D eigenvalue weighted by Crippen LogP contribution is -2.14. The minimum absolute atomic E-state index is 0.219. The largest absolute Gasteiger partial charge is 0.416 e. The molecule has 8 heteroatoms. The average Bonchev–Trinajstić information content (AvgIpc) is 2.93. The molecule has 1 aromatic heterocycles. The van der Waals surface area contributed by atoms with Crippen LogP contribution in [0, 0.1) is 0 Å². The molecule has 1 amide bonds. The molecule has 0 atom stereocenters. The van der Waals surface area contributed by atoms with Crippen LogP contribution in [-0.4, -0.2) is 24.8 Å². The van der Waals surface area contributed by atoms with Gasteiger partial charge in [0, 0.05) is 19.2 Å². The fourth-order valence-corrected chi connectivity index (χ4v) is 1.77. The number of hydrogen-bond donors (Lipinski definition) is 1. The third-order valence-corrected chi connectivity index (χ3v) is 2.89. The van der Waals surface area contributed by atoms with E-state index in [0.717, 1.165) is 12.1 Å². The van der Waals surface area contributed by atoms with Crippen molar-refractivity contribution < 1.29 is 27.2 Å². The van der Waals surface area contributed by atoms with Gasteiger partial charge in [-0.25, -0.2) is 0 Å². The zero-order valence-electron chi connectivity index (χ0n) is 11.6. The predicted octanol–water partition coefficient (Wildman–Crippen LogP) is 3.13. The number of carbonyl (C=O) groups excluding carboxylic acids is 1. The summed E-state index contributed by atoms with van der Waals surface area (Å²) in [6, 6.07) is 4.16. The minimum Gasteiger partial charge on any atom is -0.384 e. The van der Waals surface area contributed by atoms with Gasteiger partial charge in [0.1, 0.15) is 5.56 Å². The highest BCUT2D eigenvalue weighted by Gasteiger charge is 2.30. The maximum atomic E-state index is 12.5. The molecule has 22 heavy (non-hydrogen) atoms. The van der Waals surface area contributed by atoms with Gasteiger partial charge in [-0.1, -0.05) is 5.16 Å². The minimum atomic E-state index is -4.41. The zero-order valence-corrected chi connectivity index (χ0v) is 11.6. The molecule has 118 valence electrons. The van der Waals surface area contributed by atoms with Gasteiger partial charge in [-0.05, 0) is 24.3 Å². The summed E-state index contributed by atoms with van der Waals surface area (Å²) in [6.07, 6.45) is -2.79. The van der Waals surface area contributed by atoms with Gasteiger partial charge in [0.05, 0.1) is 18.4 Å². The van der Waals surface area contributed by atoms with E-state index in [1.54, 1.807) is 0 Å². The fraction of sp³-hybridized carbons (Fsp3) is 0.286. The Morgan fingerprint density at radius 2 is 2.00 bits per heavy atom. The maximum absolute atomic E-state index is 12.5. The summed E-state index contributed by atoms with van der Waals surface area (Å²) in [6.45, 7) is 0.357. The standard InChI is InChI=1S/C14H13F3N2O3/c1-21-7-6-12-11(8-18-22-12)13(20)19-10-4-2-9(3-5-10)14(15,16)17/h2-5,8H,6-7H2,1H3,(H,19,20). The number of rotatable bonds is 5. The molecule has 0 aliphatic carbocycles. The van der Waals surface area contributed by atoms with E-state index >= 15 is 0 Å². The molecule has 0 radical (unpaired) electrons. The molecular weight excluding hydrogens is 301 g/mol. The molecule has 1 aromatic carbocycles. The van der Waals surface area contributed by atoms with Crippen molar-refractivity contribution in [3.8, 4) is 0 Å². The Balaban J connectivity index is 2.07. The van der Waals surface area contributed by atoms with Crippen LogP contribution in [0.3, 0.4) is 0 Å². The molecule has 2 aromatic rings. The van der Waals surface area contributed by atoms with Crippen LogP contribution in [0.4, 0.5) is 18.9 Å². The summed E-state index contributed by atoms with van der Waals surface area (Å²) in [5.41, 5.74) is -0.315. The van der Waals surface area contributed by atoms with Crippen LogP contribution in [-0.2, 0) is 17.3 Å². The van der Waals surface area contributed by atoms with E-state index in [9.17, 15) is 18.0 Å². The van der Waals surface area contributed by atoms with Crippen LogP contribution in [0.25, 0.3) is 0 Å². The number of anilines is 1. The quantitative estimate of drug-likeness (QED) is 0.921. The first-order valence-electron chi connectivity index (χ1n) is 6.33. The van der Waals surface area contributed by atoms with E-state index in [2.05, 4.69) is 10.5 Å². The van der Waals surface area contributed by atoms with Crippen LogP contribution in [0.2, 0.25) is 0 Å². The van der Waals surface area contributed by atoms with E-state index in [1.165, 1.54) is 25.4 Å². The molecule has 0 saturated carbocycles. The summed E-state index contributed by atoms with van der Waals surface area (Å²) in [5, 5.41) is 6.04. The maximum Gasteiger partial charge on any atom is 0.416 e. The van der Waals surface area contributed by atoms with Crippen molar-refractivity contribution in [1.82, 2.24) is 5.16 Å². The molecule has 0 saturated heterocycles. The number of methoxy groups -OCH3 is 1. The monoisotopic (exact) mass is 314 g/mol. The van der Waals surface area contributed by atoms with Crippen molar-refractivity contribution in [2.24, 2.45) is 0 Å². The van der Waals surface area contributed by atoms with E-state index < -0.39 is 17.6 Å². The molecule has 0 bridgehead atoms. The number of nitrogens with zero attached hydrogens (tertiary/aromatic N) is 1. The van der Waals surface area contributed by atoms with Crippen molar-refractivity contribution in [2.75, 3.05) is 19.0 Å². The van der Waals surface area contributed by atoms with Crippen LogP contribution in [0.15, 0.2) is 35.0 Å². The molecule has 1 N–H and O–H groups in total. The molecule has 2 rings (SSSR count). The summed E-state index contributed by atoms with van der Waals surface area (Å²) in [4.78, 5) is 12.1. The van der Waals surface area contributed by atoms with E-state index in [0.29, 0.717) is 18.8 Å². The molecule has 0 fully saturated rings. The Bertz CT molecular complexity index is 636. The first-order chi connectivity index (χ1) is 10.4. The lowest BCUT2D eigenvalue weighted by molar-refractivity contribution is -0.137. The summed E-state index contributed by atoms with van der Waals surface area (Å²) < 4.78 is 47.2. The second-order valence-corrected chi connectivity index (χ2v) is 4.43. The number of nitrogens with one attached hydrogen (secondary N) is 1. The number of hydrogen-bond acceptors (Lipinski definition) is 4. The lowest BCUT2D eigenvalue weighted by atomic mass is 10.1. The van der Waals surface area contributed by atoms with Crippen molar-refractivity contribution in [1.29, 1.82) is 0 Å². The molecule has 5 nitrogen and oxygen atoms in total. The SMILES string of the molecule is COCCc1oncc1C(=O)Nc1ccc(C(F)(F)F)cc1. The van der Waals surface area contributed by atoms with E-state index in [-0.39, 0.29) is 11.3 Å². The summed E-state index contributed by atoms with van der Waals surface area (Å²) in [7, 11) is 1.51. The number of halogens is 3. The predicted molar refractivity (Wildman–Crippen MR) is 71.5 cm³/mol. The molecule has 0 aliphatic rings. The van der Waals surface area contributed by atoms with Crippen LogP contribution < -0.4 is 5.32 Å². The van der Waals surface area contributed by atoms with Crippen molar-refractivity contribution in [3.63, 3.8) is 0 Å². The van der Waals surface area contributed by atoms with Crippen molar-refractivity contribution in [2.45, 2.75) is 12.6 Å². The normalized spacial score (nSPS) is 11.5. The second-order valence-electron chi connectivity index (χ2n) is 4.43. The van der Waals surface area contributed by atoms with Crippen molar-refractivity contribution in [3.05, 3.63) is 47.3 Å². The molecule has 1 heterocycles. The topological polar surface area (TPSA) is 64.4 Å². The van der Waals surface area contributed by atoms with Gasteiger partial charge >= 0.3 is 6.18 Å². The molecule has 0 spiro atoms. The highest BCUT2D eigenvalue weighted by molar-refractivity contribution is 6.04.